The fraction of sp³-hybridized carbons (Fsp3) is 0.412. The van der Waals surface area contributed by atoms with E-state index in [0.29, 0.717) is 5.69 Å². The molecule has 0 aliphatic heterocycles. The number of rotatable bonds is 6. The Morgan fingerprint density at radius 3 is 2.48 bits per heavy atom. The summed E-state index contributed by atoms with van der Waals surface area (Å²) in [6, 6.07) is 5.73. The molecule has 1 amide bonds. The normalized spacial score (nSPS) is 11.8. The lowest BCUT2D eigenvalue weighted by Crippen LogP contribution is -2.31. The van der Waals surface area contributed by atoms with Crippen molar-refractivity contribution in [2.45, 2.75) is 33.1 Å². The molecular formula is C17H21F3N4O. The number of hydrogen-bond donors (Lipinski definition) is 1. The van der Waals surface area contributed by atoms with E-state index < -0.39 is 12.7 Å². The summed E-state index contributed by atoms with van der Waals surface area (Å²) in [7, 11) is 1.66. The molecule has 0 atom stereocenters. The van der Waals surface area contributed by atoms with E-state index in [1.165, 1.54) is 12.4 Å². The van der Waals surface area contributed by atoms with Gasteiger partial charge >= 0.3 is 6.18 Å². The van der Waals surface area contributed by atoms with Gasteiger partial charge in [0.15, 0.2) is 0 Å². The number of nitrogens with zero attached hydrogens (tertiary/aromatic N) is 3. The third-order valence-electron chi connectivity index (χ3n) is 3.48. The summed E-state index contributed by atoms with van der Waals surface area (Å²) in [5.41, 5.74) is 2.78. The van der Waals surface area contributed by atoms with Crippen LogP contribution in [-0.4, -0.2) is 40.1 Å². The highest BCUT2D eigenvalue weighted by Crippen LogP contribution is 2.18. The molecule has 136 valence electrons. The first-order valence-electron chi connectivity index (χ1n) is 7.76. The second-order valence-electron chi connectivity index (χ2n) is 6.18. The summed E-state index contributed by atoms with van der Waals surface area (Å²) >= 11 is 0. The van der Waals surface area contributed by atoms with Gasteiger partial charge in [-0.3, -0.25) is 9.69 Å². The summed E-state index contributed by atoms with van der Waals surface area (Å²) in [6.07, 6.45) is -1.70. The number of carbonyl (C=O) groups is 1. The highest BCUT2D eigenvalue weighted by Gasteiger charge is 2.29. The number of aryl methyl sites for hydroxylation is 2. The van der Waals surface area contributed by atoms with Crippen LogP contribution in [0.5, 0.6) is 0 Å². The zero-order valence-electron chi connectivity index (χ0n) is 14.4. The Hall–Kier alpha value is -2.35. The average molecular weight is 354 g/mol. The largest absolute Gasteiger partial charge is 0.406 e. The van der Waals surface area contributed by atoms with Crippen molar-refractivity contribution in [1.29, 1.82) is 0 Å². The molecule has 25 heavy (non-hydrogen) atoms. The Morgan fingerprint density at radius 1 is 1.24 bits per heavy atom. The van der Waals surface area contributed by atoms with Crippen molar-refractivity contribution in [1.82, 2.24) is 14.5 Å². The fourth-order valence-electron chi connectivity index (χ4n) is 2.62. The van der Waals surface area contributed by atoms with Crippen LogP contribution in [0.2, 0.25) is 0 Å². The molecule has 0 spiro atoms. The van der Waals surface area contributed by atoms with E-state index in [0.717, 1.165) is 15.7 Å². The van der Waals surface area contributed by atoms with E-state index in [9.17, 15) is 18.0 Å². The number of halogens is 3. The predicted molar refractivity (Wildman–Crippen MR) is 89.2 cm³/mol. The lowest BCUT2D eigenvalue weighted by atomic mass is 10.1. The Labute approximate surface area is 144 Å². The van der Waals surface area contributed by atoms with Crippen LogP contribution in [-0.2, 0) is 17.9 Å². The van der Waals surface area contributed by atoms with Gasteiger partial charge in [0, 0.05) is 18.1 Å². The van der Waals surface area contributed by atoms with Crippen molar-refractivity contribution in [3.8, 4) is 0 Å². The van der Waals surface area contributed by atoms with Crippen LogP contribution in [0.1, 0.15) is 17.0 Å². The molecule has 0 radical (unpaired) electrons. The average Bonchev–Trinajstić information content (AvgIpc) is 2.81. The van der Waals surface area contributed by atoms with Crippen LogP contribution >= 0.6 is 0 Å². The van der Waals surface area contributed by atoms with Crippen LogP contribution in [0.15, 0.2) is 30.6 Å². The van der Waals surface area contributed by atoms with Crippen molar-refractivity contribution in [2.75, 3.05) is 18.9 Å². The zero-order valence-corrected chi connectivity index (χ0v) is 14.4. The van der Waals surface area contributed by atoms with Gasteiger partial charge in [-0.1, -0.05) is 6.07 Å². The topological polar surface area (TPSA) is 50.2 Å². The molecule has 1 heterocycles. The summed E-state index contributed by atoms with van der Waals surface area (Å²) in [6.45, 7) is 2.98. The molecule has 2 rings (SSSR count). The van der Waals surface area contributed by atoms with Gasteiger partial charge in [-0.25, -0.2) is 4.98 Å². The molecule has 1 aromatic heterocycles. The molecule has 0 aliphatic rings. The van der Waals surface area contributed by atoms with Crippen molar-refractivity contribution < 1.29 is 18.0 Å². The van der Waals surface area contributed by atoms with E-state index in [-0.39, 0.29) is 24.8 Å². The zero-order chi connectivity index (χ0) is 18.6. The van der Waals surface area contributed by atoms with Crippen LogP contribution in [0.3, 0.4) is 0 Å². The van der Waals surface area contributed by atoms with Gasteiger partial charge in [-0.05, 0) is 44.2 Å². The Kier molecular flexibility index (Phi) is 5.84. The number of nitrogens with one attached hydrogen (secondary N) is 1. The standard InChI is InChI=1S/C17H21F3N4O/c1-12-6-13(2)8-14(7-12)22-16(25)10-23(3)9-15-21-4-5-24(15)11-17(18,19)20/h4-8H,9-11H2,1-3H3,(H,22,25). The van der Waals surface area contributed by atoms with Gasteiger partial charge in [0.2, 0.25) is 5.91 Å². The minimum Gasteiger partial charge on any atom is -0.325 e. The minimum absolute atomic E-state index is 0.0475. The monoisotopic (exact) mass is 354 g/mol. The fourth-order valence-corrected chi connectivity index (χ4v) is 2.62. The van der Waals surface area contributed by atoms with Crippen molar-refractivity contribution in [3.05, 3.63) is 47.5 Å². The third-order valence-corrected chi connectivity index (χ3v) is 3.48. The maximum atomic E-state index is 12.5. The molecule has 0 bridgehead atoms. The van der Waals surface area contributed by atoms with Gasteiger partial charge < -0.3 is 9.88 Å². The second-order valence-corrected chi connectivity index (χ2v) is 6.18. The molecule has 8 heteroatoms. The van der Waals surface area contributed by atoms with Gasteiger partial charge in [0.1, 0.15) is 12.4 Å². The first-order chi connectivity index (χ1) is 11.6. The summed E-state index contributed by atoms with van der Waals surface area (Å²) in [5.74, 6) is 0.0282. The third kappa shape index (κ3) is 6.22. The minimum atomic E-state index is -4.31. The van der Waals surface area contributed by atoms with Crippen LogP contribution in [0, 0.1) is 13.8 Å². The van der Waals surface area contributed by atoms with Crippen LogP contribution < -0.4 is 5.32 Å². The quantitative estimate of drug-likeness (QED) is 0.867. The number of likely N-dealkylation sites (N-methyl/N-ethyl adjacent to an activating group) is 1. The summed E-state index contributed by atoms with van der Waals surface area (Å²) < 4.78 is 38.6. The molecule has 1 aromatic carbocycles. The number of imidazole rings is 1. The molecule has 0 unspecified atom stereocenters. The smallest absolute Gasteiger partial charge is 0.325 e. The molecule has 2 aromatic rings. The molecule has 0 saturated heterocycles. The number of aromatic nitrogens is 2. The van der Waals surface area contributed by atoms with Gasteiger partial charge in [-0.15, -0.1) is 0 Å². The lowest BCUT2D eigenvalue weighted by molar-refractivity contribution is -0.141. The number of anilines is 1. The molecule has 5 nitrogen and oxygen atoms in total. The van der Waals surface area contributed by atoms with E-state index in [4.69, 9.17) is 0 Å². The van der Waals surface area contributed by atoms with E-state index in [2.05, 4.69) is 10.3 Å². The Morgan fingerprint density at radius 2 is 1.88 bits per heavy atom. The molecule has 1 N–H and O–H groups in total. The number of amides is 1. The van der Waals surface area contributed by atoms with E-state index in [1.807, 2.05) is 32.0 Å². The highest BCUT2D eigenvalue weighted by atomic mass is 19.4. The van der Waals surface area contributed by atoms with Gasteiger partial charge in [-0.2, -0.15) is 13.2 Å². The molecular weight excluding hydrogens is 333 g/mol. The van der Waals surface area contributed by atoms with Crippen molar-refractivity contribution in [3.63, 3.8) is 0 Å². The van der Waals surface area contributed by atoms with Gasteiger partial charge in [0.25, 0.3) is 0 Å². The summed E-state index contributed by atoms with van der Waals surface area (Å²) in [5, 5.41) is 2.80. The Bertz CT molecular complexity index is 719. The summed E-state index contributed by atoms with van der Waals surface area (Å²) in [4.78, 5) is 17.7. The molecule has 0 saturated carbocycles. The second kappa shape index (κ2) is 7.69. The van der Waals surface area contributed by atoms with Crippen molar-refractivity contribution in [2.24, 2.45) is 0 Å². The number of hydrogen-bond acceptors (Lipinski definition) is 3. The number of alkyl halides is 3. The van der Waals surface area contributed by atoms with Crippen LogP contribution in [0.25, 0.3) is 0 Å². The number of carbonyl (C=O) groups excluding carboxylic acids is 1. The number of benzene rings is 1. The highest BCUT2D eigenvalue weighted by molar-refractivity contribution is 5.92. The first kappa shape index (κ1) is 19.0. The predicted octanol–water partition coefficient (Wildman–Crippen LogP) is 3.13. The first-order valence-corrected chi connectivity index (χ1v) is 7.76. The lowest BCUT2D eigenvalue weighted by Gasteiger charge is -2.18. The van der Waals surface area contributed by atoms with Crippen LogP contribution in [0.4, 0.5) is 18.9 Å². The van der Waals surface area contributed by atoms with E-state index in [1.54, 1.807) is 11.9 Å². The maximum absolute atomic E-state index is 12.5. The Balaban J connectivity index is 1.93. The molecule has 0 aliphatic carbocycles. The SMILES string of the molecule is Cc1cc(C)cc(NC(=O)CN(C)Cc2nccn2CC(F)(F)F)c1. The van der Waals surface area contributed by atoms with Crippen molar-refractivity contribution >= 4 is 11.6 Å². The van der Waals surface area contributed by atoms with Gasteiger partial charge in [0.05, 0.1) is 13.1 Å². The maximum Gasteiger partial charge on any atom is 0.406 e. The molecule has 0 fully saturated rings. The van der Waals surface area contributed by atoms with E-state index >= 15 is 0 Å².